The summed E-state index contributed by atoms with van der Waals surface area (Å²) in [5.74, 6) is 0. The Morgan fingerprint density at radius 2 is 2.14 bits per heavy atom. The molecule has 1 aromatic rings. The average Bonchev–Trinajstić information content (AvgIpc) is 2.15. The monoisotopic (exact) mass is 213 g/mol. The normalized spacial score (nSPS) is 16.4. The van der Waals surface area contributed by atoms with Gasteiger partial charge in [0.15, 0.2) is 0 Å². The maximum absolute atomic E-state index is 11.0. The van der Waals surface area contributed by atoms with E-state index in [9.17, 15) is 8.42 Å². The predicted molar refractivity (Wildman–Crippen MR) is 51.7 cm³/mol. The summed E-state index contributed by atoms with van der Waals surface area (Å²) in [7, 11) is -4.07. The summed E-state index contributed by atoms with van der Waals surface area (Å²) >= 11 is 0. The first-order valence-electron chi connectivity index (χ1n) is 4.38. The minimum atomic E-state index is -4.07. The van der Waals surface area contributed by atoms with Crippen molar-refractivity contribution in [2.45, 2.75) is 17.9 Å². The Morgan fingerprint density at radius 3 is 2.86 bits per heavy atom. The van der Waals surface area contributed by atoms with Gasteiger partial charge in [0.05, 0.1) is 4.90 Å². The Labute approximate surface area is 82.7 Å². The highest BCUT2D eigenvalue weighted by Gasteiger charge is 2.19. The summed E-state index contributed by atoms with van der Waals surface area (Å²) in [5, 5.41) is 3.14. The van der Waals surface area contributed by atoms with Crippen molar-refractivity contribution < 1.29 is 13.0 Å². The van der Waals surface area contributed by atoms with Gasteiger partial charge in [0.1, 0.15) is 0 Å². The van der Waals surface area contributed by atoms with Crippen molar-refractivity contribution >= 4 is 10.1 Å². The van der Waals surface area contributed by atoms with Crippen molar-refractivity contribution in [2.24, 2.45) is 0 Å². The van der Waals surface area contributed by atoms with Crippen LogP contribution in [0.15, 0.2) is 23.1 Å². The summed E-state index contributed by atoms with van der Waals surface area (Å²) < 4.78 is 31.1. The molecule has 0 fully saturated rings. The standard InChI is InChI=1S/C9H11NO3S/c11-14(12,13)9-3-1-2-7-6-10-5-4-8(7)9/h1-3,10H,4-6H2,(H,11,12,13). The molecule has 1 aromatic carbocycles. The summed E-state index contributed by atoms with van der Waals surface area (Å²) in [6.07, 6.45) is 0.644. The van der Waals surface area contributed by atoms with Gasteiger partial charge in [-0.05, 0) is 30.2 Å². The van der Waals surface area contributed by atoms with E-state index < -0.39 is 10.1 Å². The van der Waals surface area contributed by atoms with Crippen molar-refractivity contribution in [2.75, 3.05) is 6.54 Å². The van der Waals surface area contributed by atoms with Gasteiger partial charge in [0.25, 0.3) is 10.1 Å². The zero-order valence-corrected chi connectivity index (χ0v) is 8.34. The highest BCUT2D eigenvalue weighted by Crippen LogP contribution is 2.22. The third kappa shape index (κ3) is 1.66. The molecule has 5 heteroatoms. The maximum atomic E-state index is 11.0. The van der Waals surface area contributed by atoms with Crippen LogP contribution in [0.25, 0.3) is 0 Å². The molecule has 1 aliphatic heterocycles. The fraction of sp³-hybridized carbons (Fsp3) is 0.333. The SMILES string of the molecule is O=S(=O)(O)c1cccc2c1CCNC2. The van der Waals surface area contributed by atoms with Gasteiger partial charge in [-0.3, -0.25) is 4.55 Å². The van der Waals surface area contributed by atoms with Crippen LogP contribution in [0.5, 0.6) is 0 Å². The molecule has 0 atom stereocenters. The van der Waals surface area contributed by atoms with Crippen LogP contribution in [-0.4, -0.2) is 19.5 Å². The lowest BCUT2D eigenvalue weighted by molar-refractivity contribution is 0.480. The van der Waals surface area contributed by atoms with Crippen LogP contribution in [0.3, 0.4) is 0 Å². The summed E-state index contributed by atoms with van der Waals surface area (Å²) in [4.78, 5) is 0.0523. The molecule has 14 heavy (non-hydrogen) atoms. The molecule has 0 bridgehead atoms. The number of nitrogens with one attached hydrogen (secondary N) is 1. The van der Waals surface area contributed by atoms with Crippen LogP contribution in [0.1, 0.15) is 11.1 Å². The van der Waals surface area contributed by atoms with E-state index in [2.05, 4.69) is 5.32 Å². The third-order valence-electron chi connectivity index (χ3n) is 2.38. The van der Waals surface area contributed by atoms with Gasteiger partial charge in [-0.2, -0.15) is 8.42 Å². The first-order chi connectivity index (χ1) is 6.59. The molecule has 0 aliphatic carbocycles. The fourth-order valence-electron chi connectivity index (χ4n) is 1.74. The van der Waals surface area contributed by atoms with Crippen molar-refractivity contribution in [3.05, 3.63) is 29.3 Å². The Kier molecular flexibility index (Phi) is 2.30. The lowest BCUT2D eigenvalue weighted by Crippen LogP contribution is -2.25. The van der Waals surface area contributed by atoms with Crippen molar-refractivity contribution in [3.8, 4) is 0 Å². The molecule has 2 rings (SSSR count). The van der Waals surface area contributed by atoms with Gasteiger partial charge in [0.2, 0.25) is 0 Å². The second kappa shape index (κ2) is 3.34. The number of rotatable bonds is 1. The first kappa shape index (κ1) is 9.64. The Balaban J connectivity index is 2.62. The Hall–Kier alpha value is -0.910. The summed E-state index contributed by atoms with van der Waals surface area (Å²) in [5.41, 5.74) is 1.69. The zero-order chi connectivity index (χ0) is 10.2. The highest BCUT2D eigenvalue weighted by atomic mass is 32.2. The van der Waals surface area contributed by atoms with Gasteiger partial charge in [-0.1, -0.05) is 12.1 Å². The van der Waals surface area contributed by atoms with Crippen LogP contribution in [0, 0.1) is 0 Å². The molecular weight excluding hydrogens is 202 g/mol. The van der Waals surface area contributed by atoms with Crippen LogP contribution >= 0.6 is 0 Å². The second-order valence-electron chi connectivity index (χ2n) is 3.30. The topological polar surface area (TPSA) is 66.4 Å². The van der Waals surface area contributed by atoms with E-state index in [1.165, 1.54) is 6.07 Å². The van der Waals surface area contributed by atoms with Gasteiger partial charge < -0.3 is 5.32 Å². The second-order valence-corrected chi connectivity index (χ2v) is 4.69. The molecule has 4 nitrogen and oxygen atoms in total. The van der Waals surface area contributed by atoms with E-state index in [4.69, 9.17) is 4.55 Å². The molecule has 2 N–H and O–H groups in total. The highest BCUT2D eigenvalue weighted by molar-refractivity contribution is 7.85. The Bertz CT molecular complexity index is 453. The van der Waals surface area contributed by atoms with Crippen molar-refractivity contribution in [1.82, 2.24) is 5.32 Å². The van der Waals surface area contributed by atoms with Gasteiger partial charge >= 0.3 is 0 Å². The summed E-state index contributed by atoms with van der Waals surface area (Å²) in [6.45, 7) is 1.41. The Morgan fingerprint density at radius 1 is 1.36 bits per heavy atom. The van der Waals surface area contributed by atoms with E-state index in [-0.39, 0.29) is 4.90 Å². The fourth-order valence-corrected chi connectivity index (χ4v) is 2.53. The molecule has 0 spiro atoms. The largest absolute Gasteiger partial charge is 0.312 e. The van der Waals surface area contributed by atoms with Crippen LogP contribution in [-0.2, 0) is 23.1 Å². The maximum Gasteiger partial charge on any atom is 0.294 e. The van der Waals surface area contributed by atoms with Gasteiger partial charge in [0, 0.05) is 6.54 Å². The molecule has 0 saturated heterocycles. The van der Waals surface area contributed by atoms with Crippen molar-refractivity contribution in [3.63, 3.8) is 0 Å². The number of hydrogen-bond acceptors (Lipinski definition) is 3. The average molecular weight is 213 g/mol. The van der Waals surface area contributed by atoms with E-state index in [1.54, 1.807) is 6.07 Å². The van der Waals surface area contributed by atoms with Crippen LogP contribution in [0.4, 0.5) is 0 Å². The van der Waals surface area contributed by atoms with E-state index in [1.807, 2.05) is 6.07 Å². The van der Waals surface area contributed by atoms with Crippen LogP contribution in [0.2, 0.25) is 0 Å². The molecule has 1 aliphatic rings. The lowest BCUT2D eigenvalue weighted by Gasteiger charge is -2.18. The minimum absolute atomic E-state index is 0.0523. The number of fused-ring (bicyclic) bond motifs is 1. The van der Waals surface area contributed by atoms with Crippen molar-refractivity contribution in [1.29, 1.82) is 0 Å². The number of hydrogen-bond donors (Lipinski definition) is 2. The minimum Gasteiger partial charge on any atom is -0.312 e. The quantitative estimate of drug-likeness (QED) is 0.670. The van der Waals surface area contributed by atoms with E-state index in [0.29, 0.717) is 13.0 Å². The molecule has 0 radical (unpaired) electrons. The molecule has 0 saturated carbocycles. The summed E-state index contributed by atoms with van der Waals surface area (Å²) in [6, 6.07) is 4.96. The molecule has 76 valence electrons. The lowest BCUT2D eigenvalue weighted by atomic mass is 10.0. The van der Waals surface area contributed by atoms with Gasteiger partial charge in [-0.15, -0.1) is 0 Å². The smallest absolute Gasteiger partial charge is 0.294 e. The predicted octanol–water partition coefficient (Wildman–Crippen LogP) is 0.579. The molecule has 0 unspecified atom stereocenters. The van der Waals surface area contributed by atoms with E-state index in [0.717, 1.165) is 17.7 Å². The molecule has 1 heterocycles. The van der Waals surface area contributed by atoms with Gasteiger partial charge in [-0.25, -0.2) is 0 Å². The zero-order valence-electron chi connectivity index (χ0n) is 7.53. The molecule has 0 amide bonds. The molecular formula is C9H11NO3S. The van der Waals surface area contributed by atoms with Crippen LogP contribution < -0.4 is 5.32 Å². The third-order valence-corrected chi connectivity index (χ3v) is 3.31. The molecule has 0 aromatic heterocycles. The van der Waals surface area contributed by atoms with E-state index >= 15 is 0 Å². The number of benzene rings is 1. The first-order valence-corrected chi connectivity index (χ1v) is 5.82.